The molecule has 1 aliphatic heterocycles. The van der Waals surface area contributed by atoms with Crippen LogP contribution in [-0.4, -0.2) is 47.7 Å². The molecule has 0 saturated heterocycles. The van der Waals surface area contributed by atoms with Crippen LogP contribution in [0.4, 0.5) is 4.79 Å². The Morgan fingerprint density at radius 3 is 2.29 bits per heavy atom. The van der Waals surface area contributed by atoms with Gasteiger partial charge in [0.05, 0.1) is 32.1 Å². The zero-order chi connectivity index (χ0) is 29.4. The van der Waals surface area contributed by atoms with Crippen LogP contribution < -0.4 is 4.74 Å². The Hall–Kier alpha value is -4.30. The standard InChI is InChI=1S/C32H32ClN3O5/c1-31(2,3)41-30(38)36-19-26(25-8-6-7-9-27(25)36)28-32(29(37)40-5,22-12-14-23(33)15-13-22)34-20-35(28)18-21-10-16-24(39-4)17-11-21/h6-17,19-20,28H,18H2,1-5H3/t28-,32+/m1/s1. The SMILES string of the molecule is COC(=O)[C@@]1(c2ccc(Cl)cc2)N=CN(Cc2ccc(OC)cc2)[C@@H]1c1cn(C(=O)OC(C)(C)C)c2ccccc12. The lowest BCUT2D eigenvalue weighted by atomic mass is 9.79. The second-order valence-corrected chi connectivity index (χ2v) is 11.3. The van der Waals surface area contributed by atoms with Gasteiger partial charge in [0.15, 0.2) is 0 Å². The van der Waals surface area contributed by atoms with Gasteiger partial charge in [0, 0.05) is 28.7 Å². The lowest BCUT2D eigenvalue weighted by Gasteiger charge is -2.35. The Bertz CT molecular complexity index is 1610. The zero-order valence-electron chi connectivity index (χ0n) is 23.6. The van der Waals surface area contributed by atoms with Gasteiger partial charge < -0.3 is 19.1 Å². The Balaban J connectivity index is 1.72. The number of ether oxygens (including phenoxy) is 3. The van der Waals surface area contributed by atoms with Crippen LogP contribution in [0.15, 0.2) is 84.0 Å². The summed E-state index contributed by atoms with van der Waals surface area (Å²) in [6, 6.07) is 21.6. The molecule has 9 heteroatoms. The van der Waals surface area contributed by atoms with Gasteiger partial charge in [-0.15, -0.1) is 0 Å². The maximum Gasteiger partial charge on any atom is 0.419 e. The van der Waals surface area contributed by atoms with Crippen LogP contribution in [0.25, 0.3) is 10.9 Å². The molecular weight excluding hydrogens is 542 g/mol. The fraction of sp³-hybridized carbons (Fsp3) is 0.281. The summed E-state index contributed by atoms with van der Waals surface area (Å²) in [4.78, 5) is 34.1. The minimum atomic E-state index is -1.48. The van der Waals surface area contributed by atoms with Crippen molar-refractivity contribution in [3.8, 4) is 5.75 Å². The quantitative estimate of drug-likeness (QED) is 0.238. The van der Waals surface area contributed by atoms with Gasteiger partial charge in [-0.1, -0.05) is 54.1 Å². The third-order valence-electron chi connectivity index (χ3n) is 7.07. The highest BCUT2D eigenvalue weighted by Crippen LogP contribution is 2.49. The fourth-order valence-corrected chi connectivity index (χ4v) is 5.41. The van der Waals surface area contributed by atoms with Crippen LogP contribution >= 0.6 is 11.6 Å². The van der Waals surface area contributed by atoms with Crippen LogP contribution in [0.2, 0.25) is 5.02 Å². The van der Waals surface area contributed by atoms with Crippen molar-refractivity contribution in [2.24, 2.45) is 4.99 Å². The van der Waals surface area contributed by atoms with Gasteiger partial charge in [-0.2, -0.15) is 0 Å². The highest BCUT2D eigenvalue weighted by molar-refractivity contribution is 6.30. The Morgan fingerprint density at radius 1 is 0.976 bits per heavy atom. The lowest BCUT2D eigenvalue weighted by molar-refractivity contribution is -0.149. The van der Waals surface area contributed by atoms with Gasteiger partial charge in [0.25, 0.3) is 0 Å². The minimum absolute atomic E-state index is 0.427. The Labute approximate surface area is 244 Å². The second-order valence-electron chi connectivity index (χ2n) is 10.9. The highest BCUT2D eigenvalue weighted by Gasteiger charge is 2.55. The Kier molecular flexibility index (Phi) is 7.53. The summed E-state index contributed by atoms with van der Waals surface area (Å²) in [5.74, 6) is 0.207. The van der Waals surface area contributed by atoms with Crippen molar-refractivity contribution < 1.29 is 23.8 Å². The maximum absolute atomic E-state index is 13.8. The summed E-state index contributed by atoms with van der Waals surface area (Å²) in [5, 5.41) is 1.32. The minimum Gasteiger partial charge on any atom is -0.497 e. The topological polar surface area (TPSA) is 82.4 Å². The van der Waals surface area contributed by atoms with Crippen molar-refractivity contribution in [2.45, 2.75) is 44.5 Å². The van der Waals surface area contributed by atoms with E-state index < -0.39 is 29.2 Å². The predicted octanol–water partition coefficient (Wildman–Crippen LogP) is 6.74. The third kappa shape index (κ3) is 5.27. The molecule has 2 atom stereocenters. The molecular formula is C32H32ClN3O5. The number of carbonyl (C=O) groups is 2. The number of hydrogen-bond acceptors (Lipinski definition) is 7. The summed E-state index contributed by atoms with van der Waals surface area (Å²) in [6.45, 7) is 5.89. The zero-order valence-corrected chi connectivity index (χ0v) is 24.4. The van der Waals surface area contributed by atoms with E-state index in [9.17, 15) is 9.59 Å². The smallest absolute Gasteiger partial charge is 0.419 e. The highest BCUT2D eigenvalue weighted by atomic mass is 35.5. The maximum atomic E-state index is 13.8. The van der Waals surface area contributed by atoms with E-state index in [0.29, 0.717) is 22.6 Å². The molecule has 0 saturated carbocycles. The van der Waals surface area contributed by atoms with E-state index in [4.69, 9.17) is 30.8 Å². The van der Waals surface area contributed by atoms with E-state index in [-0.39, 0.29) is 0 Å². The summed E-state index contributed by atoms with van der Waals surface area (Å²) in [6.07, 6.45) is 2.91. The van der Waals surface area contributed by atoms with Crippen molar-refractivity contribution in [3.63, 3.8) is 0 Å². The second kappa shape index (κ2) is 10.9. The van der Waals surface area contributed by atoms with Crippen LogP contribution in [0.1, 0.15) is 43.5 Å². The van der Waals surface area contributed by atoms with Gasteiger partial charge in [-0.3, -0.25) is 4.57 Å². The number of aliphatic imine (C=N–C) groups is 1. The number of benzene rings is 3. The average Bonchev–Trinajstić information content (AvgIpc) is 3.52. The van der Waals surface area contributed by atoms with E-state index in [1.54, 1.807) is 43.9 Å². The summed E-state index contributed by atoms with van der Waals surface area (Å²) >= 11 is 6.23. The molecule has 0 spiro atoms. The number of carbonyl (C=O) groups excluding carboxylic acids is 2. The van der Waals surface area contributed by atoms with E-state index in [0.717, 1.165) is 22.3 Å². The molecule has 212 valence electrons. The van der Waals surface area contributed by atoms with E-state index in [1.807, 2.05) is 74.2 Å². The van der Waals surface area contributed by atoms with Crippen molar-refractivity contribution in [3.05, 3.63) is 101 Å². The summed E-state index contributed by atoms with van der Waals surface area (Å²) in [5.41, 5.74) is 0.796. The van der Waals surface area contributed by atoms with Crippen molar-refractivity contribution in [1.82, 2.24) is 9.47 Å². The normalized spacial score (nSPS) is 18.5. The number of nitrogens with zero attached hydrogens (tertiary/aromatic N) is 3. The van der Waals surface area contributed by atoms with Gasteiger partial charge in [-0.05, 0) is 62.2 Å². The number of fused-ring (bicyclic) bond motifs is 1. The number of halogens is 1. The fourth-order valence-electron chi connectivity index (χ4n) is 5.28. The monoisotopic (exact) mass is 573 g/mol. The molecule has 0 radical (unpaired) electrons. The molecule has 1 aliphatic rings. The summed E-state index contributed by atoms with van der Waals surface area (Å²) in [7, 11) is 2.97. The van der Waals surface area contributed by atoms with Crippen molar-refractivity contribution >= 4 is 40.9 Å². The molecule has 0 bridgehead atoms. The molecule has 2 heterocycles. The van der Waals surface area contributed by atoms with Gasteiger partial charge >= 0.3 is 12.1 Å². The molecule has 0 amide bonds. The van der Waals surface area contributed by atoms with Crippen LogP contribution in [-0.2, 0) is 26.4 Å². The number of aromatic nitrogens is 1. The largest absolute Gasteiger partial charge is 0.497 e. The number of para-hydroxylation sites is 1. The van der Waals surface area contributed by atoms with Crippen molar-refractivity contribution in [2.75, 3.05) is 14.2 Å². The molecule has 4 aromatic rings. The van der Waals surface area contributed by atoms with E-state index in [2.05, 4.69) is 0 Å². The molecule has 1 aromatic heterocycles. The predicted molar refractivity (Wildman–Crippen MR) is 158 cm³/mol. The molecule has 0 unspecified atom stereocenters. The molecule has 0 N–H and O–H groups in total. The molecule has 8 nitrogen and oxygen atoms in total. The average molecular weight is 574 g/mol. The van der Waals surface area contributed by atoms with Crippen molar-refractivity contribution in [1.29, 1.82) is 0 Å². The molecule has 41 heavy (non-hydrogen) atoms. The first-order valence-electron chi connectivity index (χ1n) is 13.2. The van der Waals surface area contributed by atoms with Gasteiger partial charge in [-0.25, -0.2) is 14.6 Å². The number of esters is 1. The molecule has 0 fully saturated rings. The van der Waals surface area contributed by atoms with Gasteiger partial charge in [0.2, 0.25) is 5.54 Å². The Morgan fingerprint density at radius 2 is 1.66 bits per heavy atom. The molecule has 0 aliphatic carbocycles. The van der Waals surface area contributed by atoms with Crippen LogP contribution in [0, 0.1) is 0 Å². The first-order valence-corrected chi connectivity index (χ1v) is 13.6. The number of rotatable bonds is 6. The number of hydrogen-bond donors (Lipinski definition) is 0. The first-order chi connectivity index (χ1) is 19.6. The number of methoxy groups -OCH3 is 2. The van der Waals surface area contributed by atoms with E-state index >= 15 is 0 Å². The molecule has 3 aromatic carbocycles. The molecule has 5 rings (SSSR count). The third-order valence-corrected chi connectivity index (χ3v) is 7.32. The summed E-state index contributed by atoms with van der Waals surface area (Å²) < 4.78 is 18.0. The van der Waals surface area contributed by atoms with E-state index in [1.165, 1.54) is 11.7 Å². The van der Waals surface area contributed by atoms with Gasteiger partial charge in [0.1, 0.15) is 11.4 Å². The first kappa shape index (κ1) is 28.2. The lowest BCUT2D eigenvalue weighted by Crippen LogP contribution is -2.43. The van der Waals surface area contributed by atoms with Crippen LogP contribution in [0.5, 0.6) is 5.75 Å². The van der Waals surface area contributed by atoms with Crippen LogP contribution in [0.3, 0.4) is 0 Å².